The predicted octanol–water partition coefficient (Wildman–Crippen LogP) is 2.60. The van der Waals surface area contributed by atoms with Gasteiger partial charge in [0.05, 0.1) is 12.0 Å². The van der Waals surface area contributed by atoms with Crippen LogP contribution < -0.4 is 5.73 Å². The molecule has 3 rings (SSSR count). The molecule has 0 saturated carbocycles. The van der Waals surface area contributed by atoms with Gasteiger partial charge in [-0.2, -0.15) is 0 Å². The Hall–Kier alpha value is -1.59. The number of benzene rings is 1. The van der Waals surface area contributed by atoms with Gasteiger partial charge in [0, 0.05) is 32.6 Å². The van der Waals surface area contributed by atoms with Crippen LogP contribution in [0.1, 0.15) is 44.7 Å². The van der Waals surface area contributed by atoms with Crippen molar-refractivity contribution in [2.24, 2.45) is 17.1 Å². The second-order valence-corrected chi connectivity index (χ2v) is 8.15. The number of piperidine rings is 2. The summed E-state index contributed by atoms with van der Waals surface area (Å²) in [5.74, 6) is 0.0855. The van der Waals surface area contributed by atoms with Crippen LogP contribution in [0.4, 0.5) is 0 Å². The summed E-state index contributed by atoms with van der Waals surface area (Å²) >= 11 is 0. The highest BCUT2D eigenvalue weighted by molar-refractivity contribution is 5.85. The Morgan fingerprint density at radius 2 is 1.85 bits per heavy atom. The molecule has 5 nitrogen and oxygen atoms in total. The molecule has 2 N–H and O–H groups in total. The maximum absolute atomic E-state index is 13.3. The quantitative estimate of drug-likeness (QED) is 0.858. The van der Waals surface area contributed by atoms with Crippen molar-refractivity contribution in [1.29, 1.82) is 0 Å². The largest absolute Gasteiger partial charge is 0.342 e. The molecule has 2 aliphatic heterocycles. The fourth-order valence-electron chi connectivity index (χ4n) is 4.20. The number of hydrogen-bond donors (Lipinski definition) is 1. The van der Waals surface area contributed by atoms with Crippen LogP contribution in [0.25, 0.3) is 0 Å². The van der Waals surface area contributed by atoms with E-state index in [1.165, 1.54) is 0 Å². The first kappa shape index (κ1) is 20.7. The molecule has 26 heavy (non-hydrogen) atoms. The van der Waals surface area contributed by atoms with Gasteiger partial charge in [-0.05, 0) is 23.8 Å². The van der Waals surface area contributed by atoms with Gasteiger partial charge >= 0.3 is 0 Å². The van der Waals surface area contributed by atoms with Gasteiger partial charge in [-0.3, -0.25) is 9.59 Å². The number of nitrogens with zero attached hydrogens (tertiary/aromatic N) is 2. The van der Waals surface area contributed by atoms with Crippen molar-refractivity contribution in [2.75, 3.05) is 20.1 Å². The predicted molar refractivity (Wildman–Crippen MR) is 105 cm³/mol. The molecule has 1 aromatic rings. The molecular weight excluding hydrogens is 350 g/mol. The Morgan fingerprint density at radius 1 is 1.19 bits per heavy atom. The minimum atomic E-state index is -0.186. The van der Waals surface area contributed by atoms with Gasteiger partial charge in [0.25, 0.3) is 0 Å². The topological polar surface area (TPSA) is 66.6 Å². The van der Waals surface area contributed by atoms with Crippen molar-refractivity contribution in [2.45, 2.75) is 45.2 Å². The molecule has 2 aliphatic rings. The van der Waals surface area contributed by atoms with Crippen LogP contribution in [0.5, 0.6) is 0 Å². The van der Waals surface area contributed by atoms with Gasteiger partial charge < -0.3 is 15.5 Å². The Labute approximate surface area is 162 Å². The molecule has 2 heterocycles. The standard InChI is InChI=1S/C20H29N3O2.ClH/c1-20(2)13-23(12-11-16(20)21)19(25)15-9-10-17(24)22(3)18(15)14-7-5-4-6-8-14;/h4-8,15-16,18H,9-13,21H2,1-3H3;1H. The summed E-state index contributed by atoms with van der Waals surface area (Å²) in [6, 6.07) is 9.84. The third-order valence-corrected chi connectivity index (χ3v) is 5.94. The number of carbonyl (C=O) groups excluding carboxylic acids is 2. The van der Waals surface area contributed by atoms with Gasteiger partial charge in [-0.1, -0.05) is 44.2 Å². The van der Waals surface area contributed by atoms with E-state index in [0.29, 0.717) is 25.9 Å². The van der Waals surface area contributed by atoms with Gasteiger partial charge in [-0.15, -0.1) is 12.4 Å². The van der Waals surface area contributed by atoms with Crippen molar-refractivity contribution in [3.63, 3.8) is 0 Å². The van der Waals surface area contributed by atoms with Crippen molar-refractivity contribution >= 4 is 24.2 Å². The van der Waals surface area contributed by atoms with Crippen LogP contribution in [0.15, 0.2) is 30.3 Å². The number of rotatable bonds is 2. The highest BCUT2D eigenvalue weighted by Gasteiger charge is 2.43. The van der Waals surface area contributed by atoms with Gasteiger partial charge in [-0.25, -0.2) is 0 Å². The molecule has 0 radical (unpaired) electrons. The van der Waals surface area contributed by atoms with E-state index < -0.39 is 0 Å². The lowest BCUT2D eigenvalue weighted by Crippen LogP contribution is -2.56. The number of amides is 2. The number of hydrogen-bond acceptors (Lipinski definition) is 3. The maximum Gasteiger partial charge on any atom is 0.228 e. The first-order valence-electron chi connectivity index (χ1n) is 9.16. The highest BCUT2D eigenvalue weighted by Crippen LogP contribution is 2.38. The minimum absolute atomic E-state index is 0. The molecular formula is C20H30ClN3O2. The van der Waals surface area contributed by atoms with Crippen molar-refractivity contribution in [3.05, 3.63) is 35.9 Å². The Balaban J connectivity index is 0.00000243. The van der Waals surface area contributed by atoms with Gasteiger partial charge in [0.15, 0.2) is 0 Å². The van der Waals surface area contributed by atoms with E-state index in [2.05, 4.69) is 13.8 Å². The summed E-state index contributed by atoms with van der Waals surface area (Å²) in [5.41, 5.74) is 7.18. The number of nitrogens with two attached hydrogens (primary N) is 1. The molecule has 2 amide bonds. The SMILES string of the molecule is CN1C(=O)CCC(C(=O)N2CCC(N)C(C)(C)C2)C1c1ccccc1.Cl. The van der Waals surface area contributed by atoms with Crippen LogP contribution in [-0.4, -0.2) is 47.8 Å². The zero-order valence-electron chi connectivity index (χ0n) is 15.9. The smallest absolute Gasteiger partial charge is 0.228 e. The van der Waals surface area contributed by atoms with Crippen LogP contribution >= 0.6 is 12.4 Å². The van der Waals surface area contributed by atoms with E-state index in [4.69, 9.17) is 5.73 Å². The van der Waals surface area contributed by atoms with Gasteiger partial charge in [0.1, 0.15) is 0 Å². The van der Waals surface area contributed by atoms with Crippen LogP contribution in [0.2, 0.25) is 0 Å². The third-order valence-electron chi connectivity index (χ3n) is 5.94. The molecule has 3 unspecified atom stereocenters. The van der Waals surface area contributed by atoms with Crippen LogP contribution in [0.3, 0.4) is 0 Å². The first-order chi connectivity index (χ1) is 11.8. The molecule has 0 bridgehead atoms. The zero-order chi connectivity index (χ0) is 18.2. The van der Waals surface area contributed by atoms with Crippen LogP contribution in [-0.2, 0) is 9.59 Å². The molecule has 3 atom stereocenters. The average molecular weight is 380 g/mol. The van der Waals surface area contributed by atoms with E-state index in [0.717, 1.165) is 12.0 Å². The first-order valence-corrected chi connectivity index (χ1v) is 9.16. The fraction of sp³-hybridized carbons (Fsp3) is 0.600. The minimum Gasteiger partial charge on any atom is -0.342 e. The molecule has 1 aromatic carbocycles. The Morgan fingerprint density at radius 3 is 2.46 bits per heavy atom. The molecule has 2 saturated heterocycles. The van der Waals surface area contributed by atoms with E-state index >= 15 is 0 Å². The molecule has 2 fully saturated rings. The van der Waals surface area contributed by atoms with Crippen molar-refractivity contribution < 1.29 is 9.59 Å². The molecule has 6 heteroatoms. The second kappa shape index (κ2) is 7.97. The summed E-state index contributed by atoms with van der Waals surface area (Å²) in [6.45, 7) is 5.65. The van der Waals surface area contributed by atoms with E-state index in [1.54, 1.807) is 4.90 Å². The summed E-state index contributed by atoms with van der Waals surface area (Å²) in [6.07, 6.45) is 1.88. The van der Waals surface area contributed by atoms with Crippen molar-refractivity contribution in [1.82, 2.24) is 9.80 Å². The average Bonchev–Trinajstić information content (AvgIpc) is 2.59. The summed E-state index contributed by atoms with van der Waals surface area (Å²) in [5, 5.41) is 0. The van der Waals surface area contributed by atoms with Crippen molar-refractivity contribution in [3.8, 4) is 0 Å². The lowest BCUT2D eigenvalue weighted by molar-refractivity contribution is -0.148. The Kier molecular flexibility index (Phi) is 6.35. The Bertz CT molecular complexity index is 650. The fourth-order valence-corrected chi connectivity index (χ4v) is 4.20. The number of carbonyl (C=O) groups is 2. The normalized spacial score (nSPS) is 28.5. The number of likely N-dealkylation sites (tertiary alicyclic amines) is 2. The lowest BCUT2D eigenvalue weighted by atomic mass is 9.78. The van der Waals surface area contributed by atoms with E-state index in [9.17, 15) is 9.59 Å². The summed E-state index contributed by atoms with van der Waals surface area (Å²) in [7, 11) is 1.81. The van der Waals surface area contributed by atoms with E-state index in [1.807, 2.05) is 42.3 Å². The molecule has 0 aromatic heterocycles. The maximum atomic E-state index is 13.3. The van der Waals surface area contributed by atoms with Crippen LogP contribution in [0, 0.1) is 11.3 Å². The molecule has 0 spiro atoms. The van der Waals surface area contributed by atoms with Gasteiger partial charge in [0.2, 0.25) is 11.8 Å². The van der Waals surface area contributed by atoms with E-state index in [-0.39, 0.29) is 47.6 Å². The summed E-state index contributed by atoms with van der Waals surface area (Å²) < 4.78 is 0. The molecule has 0 aliphatic carbocycles. The highest BCUT2D eigenvalue weighted by atomic mass is 35.5. The zero-order valence-corrected chi connectivity index (χ0v) is 16.7. The third kappa shape index (κ3) is 3.89. The molecule has 144 valence electrons. The monoisotopic (exact) mass is 379 g/mol. The second-order valence-electron chi connectivity index (χ2n) is 8.15. The number of halogens is 1. The lowest BCUT2D eigenvalue weighted by Gasteiger charge is -2.46. The summed E-state index contributed by atoms with van der Waals surface area (Å²) in [4.78, 5) is 29.3.